The Morgan fingerprint density at radius 3 is 2.75 bits per heavy atom. The molecule has 110 valence electrons. The third-order valence-corrected chi connectivity index (χ3v) is 4.07. The predicted molar refractivity (Wildman–Crippen MR) is 77.4 cm³/mol. The molecule has 1 aromatic rings. The number of nitrogens with one attached hydrogen (secondary N) is 1. The van der Waals surface area contributed by atoms with E-state index in [1.165, 1.54) is 18.9 Å². The molecule has 0 amide bonds. The van der Waals surface area contributed by atoms with Gasteiger partial charge in [0.1, 0.15) is 5.82 Å². The summed E-state index contributed by atoms with van der Waals surface area (Å²) in [7, 11) is 0. The molecule has 1 aliphatic carbocycles. The first-order chi connectivity index (χ1) is 9.49. The van der Waals surface area contributed by atoms with Crippen LogP contribution in [0.3, 0.4) is 0 Å². The van der Waals surface area contributed by atoms with Crippen molar-refractivity contribution >= 4 is 17.3 Å². The smallest absolute Gasteiger partial charge is 0.337 e. The molecule has 4 nitrogen and oxygen atoms in total. The Balaban J connectivity index is 2.23. The standard InChI is InChI=1S/C15H21FN2O2/c1-9-5-3-2-4-6-13(9)18-14-7-10(15(19)20)12(17)8-11(14)16/h7-9,13,18H,2-6,17H2,1H3,(H,19,20). The second-order valence-electron chi connectivity index (χ2n) is 5.59. The first kappa shape index (κ1) is 14.6. The molecule has 1 aliphatic rings. The Kier molecular flexibility index (Phi) is 4.47. The summed E-state index contributed by atoms with van der Waals surface area (Å²) >= 11 is 0. The van der Waals surface area contributed by atoms with Crippen molar-refractivity contribution in [2.45, 2.75) is 45.1 Å². The summed E-state index contributed by atoms with van der Waals surface area (Å²) in [6, 6.07) is 2.55. The van der Waals surface area contributed by atoms with E-state index in [1.807, 2.05) is 0 Å². The number of rotatable bonds is 3. The molecule has 0 bridgehead atoms. The number of carboxylic acids is 1. The molecule has 1 fully saturated rings. The Labute approximate surface area is 118 Å². The minimum atomic E-state index is -1.14. The topological polar surface area (TPSA) is 75.3 Å². The maximum atomic E-state index is 13.9. The maximum Gasteiger partial charge on any atom is 0.337 e. The van der Waals surface area contributed by atoms with Crippen molar-refractivity contribution in [2.75, 3.05) is 11.1 Å². The van der Waals surface area contributed by atoms with E-state index in [0.717, 1.165) is 25.3 Å². The number of benzene rings is 1. The van der Waals surface area contributed by atoms with E-state index in [1.54, 1.807) is 0 Å². The van der Waals surface area contributed by atoms with Crippen LogP contribution < -0.4 is 11.1 Å². The van der Waals surface area contributed by atoms with Gasteiger partial charge in [0.05, 0.1) is 11.3 Å². The first-order valence-electron chi connectivity index (χ1n) is 7.08. The highest BCUT2D eigenvalue weighted by Gasteiger charge is 2.22. The molecule has 5 heteroatoms. The number of carbonyl (C=O) groups is 1. The van der Waals surface area contributed by atoms with E-state index < -0.39 is 11.8 Å². The normalized spacial score (nSPS) is 23.1. The molecule has 0 aromatic heterocycles. The van der Waals surface area contributed by atoms with Gasteiger partial charge in [0.2, 0.25) is 0 Å². The van der Waals surface area contributed by atoms with Gasteiger partial charge in [-0.25, -0.2) is 9.18 Å². The number of nitrogens with two attached hydrogens (primary N) is 1. The van der Waals surface area contributed by atoms with Crippen LogP contribution >= 0.6 is 0 Å². The third kappa shape index (κ3) is 3.21. The molecular weight excluding hydrogens is 259 g/mol. The van der Waals surface area contributed by atoms with Crippen molar-refractivity contribution in [1.82, 2.24) is 0 Å². The molecule has 2 rings (SSSR count). The van der Waals surface area contributed by atoms with Crippen molar-refractivity contribution < 1.29 is 14.3 Å². The fraction of sp³-hybridized carbons (Fsp3) is 0.533. The fourth-order valence-electron chi connectivity index (χ4n) is 2.79. The highest BCUT2D eigenvalue weighted by molar-refractivity contribution is 5.94. The van der Waals surface area contributed by atoms with Crippen molar-refractivity contribution in [1.29, 1.82) is 0 Å². The summed E-state index contributed by atoms with van der Waals surface area (Å²) in [5.41, 5.74) is 5.65. The molecule has 1 saturated carbocycles. The summed E-state index contributed by atoms with van der Waals surface area (Å²) < 4.78 is 13.9. The summed E-state index contributed by atoms with van der Waals surface area (Å²) in [6.07, 6.45) is 5.61. The van der Waals surface area contributed by atoms with E-state index in [2.05, 4.69) is 12.2 Å². The zero-order valence-corrected chi connectivity index (χ0v) is 11.7. The monoisotopic (exact) mass is 280 g/mol. The number of aromatic carboxylic acids is 1. The lowest BCUT2D eigenvalue weighted by Crippen LogP contribution is -2.27. The third-order valence-electron chi connectivity index (χ3n) is 4.07. The average Bonchev–Trinajstić information content (AvgIpc) is 2.57. The van der Waals surface area contributed by atoms with Gasteiger partial charge in [-0.3, -0.25) is 0 Å². The minimum Gasteiger partial charge on any atom is -0.478 e. The molecular formula is C15H21FN2O2. The van der Waals surface area contributed by atoms with Gasteiger partial charge in [0.15, 0.2) is 0 Å². The second-order valence-corrected chi connectivity index (χ2v) is 5.59. The first-order valence-corrected chi connectivity index (χ1v) is 7.08. The van der Waals surface area contributed by atoms with Crippen molar-refractivity contribution in [2.24, 2.45) is 5.92 Å². The van der Waals surface area contributed by atoms with E-state index >= 15 is 0 Å². The van der Waals surface area contributed by atoms with E-state index in [4.69, 9.17) is 10.8 Å². The molecule has 0 spiro atoms. The molecule has 2 unspecified atom stereocenters. The van der Waals surface area contributed by atoms with Crippen LogP contribution in [-0.2, 0) is 0 Å². The van der Waals surface area contributed by atoms with Crippen molar-refractivity contribution in [3.8, 4) is 0 Å². The van der Waals surface area contributed by atoms with Crippen LogP contribution in [0.5, 0.6) is 0 Å². The molecule has 20 heavy (non-hydrogen) atoms. The number of halogens is 1. The number of anilines is 2. The Morgan fingerprint density at radius 2 is 2.05 bits per heavy atom. The largest absolute Gasteiger partial charge is 0.478 e. The molecule has 0 aliphatic heterocycles. The van der Waals surface area contributed by atoms with E-state index in [0.29, 0.717) is 5.92 Å². The van der Waals surface area contributed by atoms with Crippen LogP contribution in [0, 0.1) is 11.7 Å². The number of hydrogen-bond acceptors (Lipinski definition) is 3. The fourth-order valence-corrected chi connectivity index (χ4v) is 2.79. The lowest BCUT2D eigenvalue weighted by Gasteiger charge is -2.24. The van der Waals surface area contributed by atoms with Gasteiger partial charge in [-0.05, 0) is 30.9 Å². The van der Waals surface area contributed by atoms with E-state index in [-0.39, 0.29) is 23.0 Å². The SMILES string of the molecule is CC1CCCCCC1Nc1cc(C(=O)O)c(N)cc1F. The van der Waals surface area contributed by atoms with Crippen LogP contribution in [0.1, 0.15) is 49.4 Å². The predicted octanol–water partition coefficient (Wildman–Crippen LogP) is 3.49. The zero-order valence-electron chi connectivity index (χ0n) is 11.7. The molecule has 4 N–H and O–H groups in total. The van der Waals surface area contributed by atoms with Gasteiger partial charge in [0, 0.05) is 11.7 Å². The number of hydrogen-bond donors (Lipinski definition) is 3. The molecule has 1 aromatic carbocycles. The van der Waals surface area contributed by atoms with E-state index in [9.17, 15) is 9.18 Å². The Morgan fingerprint density at radius 1 is 1.35 bits per heavy atom. The van der Waals surface area contributed by atoms with Crippen LogP contribution in [0.2, 0.25) is 0 Å². The summed E-state index contributed by atoms with van der Waals surface area (Å²) in [5, 5.41) is 12.2. The van der Waals surface area contributed by atoms with Crippen molar-refractivity contribution in [3.63, 3.8) is 0 Å². The maximum absolute atomic E-state index is 13.9. The van der Waals surface area contributed by atoms with Gasteiger partial charge < -0.3 is 16.2 Å². The zero-order chi connectivity index (χ0) is 14.7. The highest BCUT2D eigenvalue weighted by Crippen LogP contribution is 2.29. The number of nitrogen functional groups attached to an aromatic ring is 1. The summed E-state index contributed by atoms with van der Waals surface area (Å²) in [5.74, 6) is -1.19. The lowest BCUT2D eigenvalue weighted by molar-refractivity contribution is 0.0698. The molecule has 0 radical (unpaired) electrons. The van der Waals surface area contributed by atoms with Crippen molar-refractivity contribution in [3.05, 3.63) is 23.5 Å². The summed E-state index contributed by atoms with van der Waals surface area (Å²) in [6.45, 7) is 2.15. The van der Waals surface area contributed by atoms with Gasteiger partial charge in [-0.2, -0.15) is 0 Å². The van der Waals surface area contributed by atoms with Gasteiger partial charge in [-0.15, -0.1) is 0 Å². The van der Waals surface area contributed by atoms with Gasteiger partial charge in [-0.1, -0.05) is 26.2 Å². The quantitative estimate of drug-likeness (QED) is 0.585. The number of carboxylic acid groups (broad SMARTS) is 1. The van der Waals surface area contributed by atoms with Crippen LogP contribution in [-0.4, -0.2) is 17.1 Å². The Hall–Kier alpha value is -1.78. The van der Waals surface area contributed by atoms with Crippen LogP contribution in [0.4, 0.5) is 15.8 Å². The Bertz CT molecular complexity index is 505. The average molecular weight is 280 g/mol. The van der Waals surface area contributed by atoms with Crippen LogP contribution in [0.15, 0.2) is 12.1 Å². The summed E-state index contributed by atoms with van der Waals surface area (Å²) in [4.78, 5) is 11.1. The minimum absolute atomic E-state index is 0.0468. The van der Waals surface area contributed by atoms with Gasteiger partial charge in [0.25, 0.3) is 0 Å². The second kappa shape index (κ2) is 6.11. The lowest BCUT2D eigenvalue weighted by atomic mass is 9.96. The highest BCUT2D eigenvalue weighted by atomic mass is 19.1. The van der Waals surface area contributed by atoms with Crippen LogP contribution in [0.25, 0.3) is 0 Å². The van der Waals surface area contributed by atoms with Gasteiger partial charge >= 0.3 is 5.97 Å². The molecule has 0 heterocycles. The molecule has 0 saturated heterocycles. The molecule has 2 atom stereocenters.